The van der Waals surface area contributed by atoms with Crippen LogP contribution >= 0.6 is 0 Å². The lowest BCUT2D eigenvalue weighted by atomic mass is 9.92. The van der Waals surface area contributed by atoms with Crippen LogP contribution in [0.15, 0.2) is 41.6 Å². The lowest BCUT2D eigenvalue weighted by Crippen LogP contribution is -2.38. The van der Waals surface area contributed by atoms with E-state index in [1.54, 1.807) is 23.1 Å². The molecule has 1 aliphatic heterocycles. The summed E-state index contributed by atoms with van der Waals surface area (Å²) >= 11 is 0. The molecule has 0 spiro atoms. The van der Waals surface area contributed by atoms with Crippen LogP contribution in [0.3, 0.4) is 0 Å². The maximum absolute atomic E-state index is 12.4. The minimum Gasteiger partial charge on any atom is -0.350 e. The molecule has 0 N–H and O–H groups in total. The number of aromatic nitrogens is 5. The van der Waals surface area contributed by atoms with Crippen molar-refractivity contribution in [1.29, 1.82) is 0 Å². The van der Waals surface area contributed by atoms with Gasteiger partial charge in [0.1, 0.15) is 5.52 Å². The van der Waals surface area contributed by atoms with Gasteiger partial charge >= 0.3 is 0 Å². The van der Waals surface area contributed by atoms with Crippen LogP contribution in [0, 0.1) is 0 Å². The van der Waals surface area contributed by atoms with Crippen molar-refractivity contribution >= 4 is 11.3 Å². The van der Waals surface area contributed by atoms with Crippen LogP contribution in [-0.2, 0) is 12.0 Å². The van der Waals surface area contributed by atoms with Crippen LogP contribution in [0.1, 0.15) is 39.3 Å². The van der Waals surface area contributed by atoms with Gasteiger partial charge in [-0.05, 0) is 25.0 Å². The summed E-state index contributed by atoms with van der Waals surface area (Å²) in [4.78, 5) is 19.2. The van der Waals surface area contributed by atoms with Gasteiger partial charge in [0.2, 0.25) is 0 Å². The van der Waals surface area contributed by atoms with Crippen LogP contribution in [0.4, 0.5) is 5.82 Å². The molecule has 4 rings (SSSR count). The number of anilines is 1. The van der Waals surface area contributed by atoms with Gasteiger partial charge in [-0.25, -0.2) is 14.2 Å². The Morgan fingerprint density at radius 2 is 2.04 bits per heavy atom. The smallest absolute Gasteiger partial charge is 0.266 e. The van der Waals surface area contributed by atoms with Gasteiger partial charge in [-0.3, -0.25) is 4.79 Å². The third-order valence-electron chi connectivity index (χ3n) is 4.97. The quantitative estimate of drug-likeness (QED) is 0.723. The van der Waals surface area contributed by atoms with Crippen molar-refractivity contribution in [3.05, 3.63) is 52.8 Å². The van der Waals surface area contributed by atoms with Gasteiger partial charge in [0, 0.05) is 30.4 Å². The second kappa shape index (κ2) is 6.23. The first-order valence-corrected chi connectivity index (χ1v) is 9.07. The number of hydrogen-bond acceptors (Lipinski definition) is 5. The second-order valence-corrected chi connectivity index (χ2v) is 7.89. The summed E-state index contributed by atoms with van der Waals surface area (Å²) in [6.45, 7) is 7.82. The minimum absolute atomic E-state index is 0.0552. The molecule has 3 aromatic rings. The van der Waals surface area contributed by atoms with Gasteiger partial charge in [0.15, 0.2) is 5.82 Å². The van der Waals surface area contributed by atoms with Gasteiger partial charge in [-0.15, -0.1) is 0 Å². The Hall–Kier alpha value is -2.70. The van der Waals surface area contributed by atoms with E-state index in [-0.39, 0.29) is 17.0 Å². The zero-order valence-electron chi connectivity index (χ0n) is 15.5. The molecule has 0 aliphatic carbocycles. The molecule has 4 heterocycles. The fourth-order valence-electron chi connectivity index (χ4n) is 3.55. The monoisotopic (exact) mass is 352 g/mol. The molecule has 1 unspecified atom stereocenters. The van der Waals surface area contributed by atoms with E-state index in [0.717, 1.165) is 36.4 Å². The topological polar surface area (TPSA) is 68.3 Å². The highest BCUT2D eigenvalue weighted by Crippen LogP contribution is 2.28. The molecular weight excluding hydrogens is 328 g/mol. The van der Waals surface area contributed by atoms with Crippen LogP contribution in [0.5, 0.6) is 0 Å². The highest BCUT2D eigenvalue weighted by atomic mass is 16.1. The molecule has 0 aromatic carbocycles. The Morgan fingerprint density at radius 1 is 1.19 bits per heavy atom. The average Bonchev–Trinajstić information content (AvgIpc) is 3.24. The normalized spacial score (nSPS) is 18.0. The maximum atomic E-state index is 12.4. The Morgan fingerprint density at radius 3 is 2.85 bits per heavy atom. The summed E-state index contributed by atoms with van der Waals surface area (Å²) in [7, 11) is 0. The molecule has 7 heteroatoms. The first-order valence-electron chi connectivity index (χ1n) is 9.07. The summed E-state index contributed by atoms with van der Waals surface area (Å²) in [5, 5.41) is 8.92. The minimum atomic E-state index is -0.0877. The molecule has 1 aliphatic rings. The predicted octanol–water partition coefficient (Wildman–Crippen LogP) is 2.25. The Bertz CT molecular complexity index is 983. The molecular formula is C19H24N6O. The number of fused-ring (bicyclic) bond motifs is 1. The molecule has 1 atom stereocenters. The average molecular weight is 352 g/mol. The van der Waals surface area contributed by atoms with E-state index in [1.807, 2.05) is 22.8 Å². The lowest BCUT2D eigenvalue weighted by molar-refractivity contribution is 0.456. The molecule has 1 saturated heterocycles. The lowest BCUT2D eigenvalue weighted by Gasteiger charge is -2.27. The van der Waals surface area contributed by atoms with E-state index in [2.05, 4.69) is 40.9 Å². The number of hydrogen-bond donors (Lipinski definition) is 0. The van der Waals surface area contributed by atoms with Gasteiger partial charge < -0.3 is 4.90 Å². The van der Waals surface area contributed by atoms with Crippen LogP contribution in [-0.4, -0.2) is 37.0 Å². The summed E-state index contributed by atoms with van der Waals surface area (Å²) in [6.07, 6.45) is 7.50. The third kappa shape index (κ3) is 2.98. The van der Waals surface area contributed by atoms with Gasteiger partial charge in [0.25, 0.3) is 5.56 Å². The van der Waals surface area contributed by atoms with Crippen LogP contribution in [0.25, 0.3) is 5.52 Å². The van der Waals surface area contributed by atoms with E-state index in [0.29, 0.717) is 6.54 Å². The first kappa shape index (κ1) is 16.8. The van der Waals surface area contributed by atoms with Crippen LogP contribution in [0.2, 0.25) is 0 Å². The van der Waals surface area contributed by atoms with E-state index in [9.17, 15) is 4.79 Å². The van der Waals surface area contributed by atoms with Crippen LogP contribution < -0.4 is 10.5 Å². The molecule has 0 bridgehead atoms. The van der Waals surface area contributed by atoms with Crippen molar-refractivity contribution < 1.29 is 0 Å². The van der Waals surface area contributed by atoms with Crippen molar-refractivity contribution in [3.63, 3.8) is 0 Å². The largest absolute Gasteiger partial charge is 0.350 e. The Labute approximate surface area is 152 Å². The number of nitrogens with zero attached hydrogens (tertiary/aromatic N) is 6. The molecule has 26 heavy (non-hydrogen) atoms. The molecule has 1 fully saturated rings. The van der Waals surface area contributed by atoms with E-state index in [4.69, 9.17) is 0 Å². The van der Waals surface area contributed by atoms with Crippen molar-refractivity contribution in [2.75, 3.05) is 11.4 Å². The predicted molar refractivity (Wildman–Crippen MR) is 101 cm³/mol. The molecule has 7 nitrogen and oxygen atoms in total. The van der Waals surface area contributed by atoms with Crippen molar-refractivity contribution in [1.82, 2.24) is 24.4 Å². The van der Waals surface area contributed by atoms with Gasteiger partial charge in [0.05, 0.1) is 24.5 Å². The fraction of sp³-hybridized carbons (Fsp3) is 0.474. The zero-order chi connectivity index (χ0) is 18.3. The number of rotatable bonds is 3. The van der Waals surface area contributed by atoms with Crippen molar-refractivity contribution in [2.24, 2.45) is 0 Å². The molecule has 136 valence electrons. The van der Waals surface area contributed by atoms with Gasteiger partial charge in [-0.1, -0.05) is 20.8 Å². The Kier molecular flexibility index (Phi) is 4.01. The summed E-state index contributed by atoms with van der Waals surface area (Å²) in [5.41, 5.74) is 1.77. The molecule has 0 radical (unpaired) electrons. The van der Waals surface area contributed by atoms with Crippen molar-refractivity contribution in [3.8, 4) is 0 Å². The second-order valence-electron chi connectivity index (χ2n) is 7.89. The summed E-state index contributed by atoms with van der Waals surface area (Å²) in [5.74, 6) is 0.924. The van der Waals surface area contributed by atoms with E-state index >= 15 is 0 Å². The SMILES string of the molecule is CC(C)(C)c1ccc(=O)n(CC2CCCN2c2nccn3nccc23)n1. The van der Waals surface area contributed by atoms with Gasteiger partial charge in [-0.2, -0.15) is 10.2 Å². The fourth-order valence-corrected chi connectivity index (χ4v) is 3.55. The first-order chi connectivity index (χ1) is 12.4. The molecule has 3 aromatic heterocycles. The Balaban J connectivity index is 1.66. The van der Waals surface area contributed by atoms with E-state index in [1.165, 1.54) is 0 Å². The standard InChI is InChI=1S/C19H24N6O/c1-19(2,3)16-6-7-17(26)25(22-16)13-14-5-4-11-23(14)18-15-8-9-21-24(15)12-10-20-18/h6-10,12,14H,4-5,11,13H2,1-3H3. The summed E-state index contributed by atoms with van der Waals surface area (Å²) < 4.78 is 3.45. The summed E-state index contributed by atoms with van der Waals surface area (Å²) in [6, 6.07) is 5.63. The van der Waals surface area contributed by atoms with E-state index < -0.39 is 0 Å². The van der Waals surface area contributed by atoms with Crippen molar-refractivity contribution in [2.45, 2.75) is 51.6 Å². The highest BCUT2D eigenvalue weighted by molar-refractivity contribution is 5.68. The molecule has 0 amide bonds. The zero-order valence-corrected chi connectivity index (χ0v) is 15.5. The maximum Gasteiger partial charge on any atom is 0.266 e. The third-order valence-corrected chi connectivity index (χ3v) is 4.97. The highest BCUT2D eigenvalue weighted by Gasteiger charge is 2.28. The molecule has 0 saturated carbocycles.